The molecule has 2 unspecified atom stereocenters. The van der Waals surface area contributed by atoms with Crippen LogP contribution in [0.15, 0.2) is 58.3 Å². The molecule has 1 aromatic carbocycles. The molecule has 0 radical (unpaired) electrons. The van der Waals surface area contributed by atoms with E-state index in [1.807, 2.05) is 6.92 Å². The summed E-state index contributed by atoms with van der Waals surface area (Å²) < 4.78 is 24.2. The lowest BCUT2D eigenvalue weighted by Crippen LogP contribution is -2.49. The molecular weight excluding hydrogens is 471 g/mol. The van der Waals surface area contributed by atoms with E-state index in [0.717, 1.165) is 11.3 Å². The number of amides is 5. The van der Waals surface area contributed by atoms with E-state index in [-0.39, 0.29) is 23.6 Å². The minimum absolute atomic E-state index is 0.0137. The second-order valence-electron chi connectivity index (χ2n) is 8.50. The molecule has 0 saturated carbocycles. The summed E-state index contributed by atoms with van der Waals surface area (Å²) in [5, 5.41) is 7.94. The van der Waals surface area contributed by atoms with Crippen molar-refractivity contribution < 1.29 is 32.7 Å². The number of unbranched alkanes of at least 4 members (excludes halogenated alkanes) is 1. The van der Waals surface area contributed by atoms with Crippen LogP contribution < -0.4 is 16.0 Å². The first-order valence-corrected chi connectivity index (χ1v) is 11.7. The zero-order chi connectivity index (χ0) is 25.9. The molecule has 5 amide bonds. The van der Waals surface area contributed by atoms with Crippen molar-refractivity contribution >= 4 is 23.9 Å². The van der Waals surface area contributed by atoms with Gasteiger partial charge in [-0.25, -0.2) is 18.8 Å². The fourth-order valence-electron chi connectivity index (χ4n) is 4.48. The molecule has 2 atom stereocenters. The van der Waals surface area contributed by atoms with Gasteiger partial charge in [0.2, 0.25) is 0 Å². The van der Waals surface area contributed by atoms with Crippen molar-refractivity contribution in [1.29, 1.82) is 0 Å². The summed E-state index contributed by atoms with van der Waals surface area (Å²) in [6.45, 7) is 3.27. The Morgan fingerprint density at radius 1 is 1.17 bits per heavy atom. The van der Waals surface area contributed by atoms with E-state index in [1.54, 1.807) is 19.1 Å². The molecule has 4 rings (SSSR count). The van der Waals surface area contributed by atoms with Crippen LogP contribution in [-0.4, -0.2) is 42.0 Å². The minimum Gasteiger partial charge on any atom is -0.467 e. The van der Waals surface area contributed by atoms with Crippen molar-refractivity contribution in [2.75, 3.05) is 13.2 Å². The van der Waals surface area contributed by atoms with Crippen LogP contribution in [0.5, 0.6) is 0 Å². The van der Waals surface area contributed by atoms with Crippen molar-refractivity contribution in [2.45, 2.75) is 44.7 Å². The molecule has 0 bridgehead atoms. The molecule has 1 fully saturated rings. The fourth-order valence-corrected chi connectivity index (χ4v) is 4.48. The van der Waals surface area contributed by atoms with Gasteiger partial charge in [-0.15, -0.1) is 0 Å². The molecule has 1 aromatic heterocycles. The standard InChI is InChI=1S/C25H27FN4O6/c1-3-5-12-25(15-8-10-16(26)11-9-15)22(32)30(24(34)29-25)14-17-19(21(31)35-4-2)20(28-23(33)27-17)18-7-6-13-36-18/h6-11,13,20H,3-5,12,14H2,1-2H3,(H,29,34)(H2,27,28,33). The van der Waals surface area contributed by atoms with Gasteiger partial charge in [-0.05, 0) is 43.2 Å². The summed E-state index contributed by atoms with van der Waals surface area (Å²) in [5.74, 6) is -1.48. The Morgan fingerprint density at radius 2 is 1.92 bits per heavy atom. The Balaban J connectivity index is 1.74. The highest BCUT2D eigenvalue weighted by Gasteiger charge is 2.52. The highest BCUT2D eigenvalue weighted by molar-refractivity contribution is 6.08. The predicted molar refractivity (Wildman–Crippen MR) is 125 cm³/mol. The minimum atomic E-state index is -1.40. The van der Waals surface area contributed by atoms with Crippen LogP contribution in [0.4, 0.5) is 14.0 Å². The number of hydrogen-bond acceptors (Lipinski definition) is 6. The number of rotatable bonds is 9. The average Bonchev–Trinajstić information content (AvgIpc) is 3.47. The summed E-state index contributed by atoms with van der Waals surface area (Å²) in [6.07, 6.45) is 3.07. The Morgan fingerprint density at radius 3 is 2.56 bits per heavy atom. The van der Waals surface area contributed by atoms with Crippen molar-refractivity contribution in [2.24, 2.45) is 0 Å². The van der Waals surface area contributed by atoms with E-state index in [4.69, 9.17) is 9.15 Å². The number of benzene rings is 1. The third-order valence-electron chi connectivity index (χ3n) is 6.21. The Bertz CT molecular complexity index is 1190. The molecule has 0 spiro atoms. The smallest absolute Gasteiger partial charge is 0.338 e. The molecule has 190 valence electrons. The van der Waals surface area contributed by atoms with Crippen LogP contribution in [-0.2, 0) is 19.9 Å². The third kappa shape index (κ3) is 4.56. The molecule has 1 saturated heterocycles. The molecule has 10 nitrogen and oxygen atoms in total. The van der Waals surface area contributed by atoms with Gasteiger partial charge < -0.3 is 25.1 Å². The van der Waals surface area contributed by atoms with Crippen LogP contribution in [0.25, 0.3) is 0 Å². The van der Waals surface area contributed by atoms with E-state index in [9.17, 15) is 23.6 Å². The normalized spacial score (nSPS) is 21.8. The number of carbonyl (C=O) groups excluding carboxylic acids is 4. The summed E-state index contributed by atoms with van der Waals surface area (Å²) in [7, 11) is 0. The average molecular weight is 499 g/mol. The van der Waals surface area contributed by atoms with Crippen molar-refractivity contribution in [3.05, 3.63) is 71.1 Å². The molecule has 3 N–H and O–H groups in total. The maximum Gasteiger partial charge on any atom is 0.338 e. The number of halogens is 1. The van der Waals surface area contributed by atoms with Gasteiger partial charge >= 0.3 is 18.0 Å². The van der Waals surface area contributed by atoms with E-state index in [2.05, 4.69) is 16.0 Å². The Labute approximate surface area is 206 Å². The monoisotopic (exact) mass is 498 g/mol. The third-order valence-corrected chi connectivity index (χ3v) is 6.21. The van der Waals surface area contributed by atoms with Crippen molar-refractivity contribution in [1.82, 2.24) is 20.9 Å². The van der Waals surface area contributed by atoms with E-state index in [1.165, 1.54) is 30.5 Å². The number of imide groups is 1. The maximum absolute atomic E-state index is 13.8. The van der Waals surface area contributed by atoms with Gasteiger partial charge in [0.1, 0.15) is 23.2 Å². The van der Waals surface area contributed by atoms with Gasteiger partial charge in [0.25, 0.3) is 5.91 Å². The number of nitrogens with one attached hydrogen (secondary N) is 3. The first-order valence-electron chi connectivity index (χ1n) is 11.7. The Kier molecular flexibility index (Phi) is 7.09. The highest BCUT2D eigenvalue weighted by atomic mass is 19.1. The van der Waals surface area contributed by atoms with Gasteiger partial charge in [-0.2, -0.15) is 0 Å². The number of hydrogen-bond donors (Lipinski definition) is 3. The van der Waals surface area contributed by atoms with Crippen LogP contribution >= 0.6 is 0 Å². The van der Waals surface area contributed by atoms with Gasteiger partial charge in [0.15, 0.2) is 0 Å². The van der Waals surface area contributed by atoms with E-state index >= 15 is 0 Å². The van der Waals surface area contributed by atoms with Crippen LogP contribution in [0, 0.1) is 5.82 Å². The first kappa shape index (κ1) is 25.0. The number of carbonyl (C=O) groups is 4. The SMILES string of the molecule is CCCCC1(c2ccc(F)cc2)NC(=O)N(CC2=C(C(=O)OCC)C(c3ccco3)NC(=O)N2)C1=O. The molecule has 3 heterocycles. The zero-order valence-corrected chi connectivity index (χ0v) is 19.9. The molecule has 11 heteroatoms. The highest BCUT2D eigenvalue weighted by Crippen LogP contribution is 2.36. The van der Waals surface area contributed by atoms with Crippen molar-refractivity contribution in [3.63, 3.8) is 0 Å². The summed E-state index contributed by atoms with van der Waals surface area (Å²) in [5.41, 5.74) is -0.907. The maximum atomic E-state index is 13.8. The van der Waals surface area contributed by atoms with E-state index in [0.29, 0.717) is 18.4 Å². The number of urea groups is 2. The molecule has 2 aliphatic rings. The quantitative estimate of drug-likeness (QED) is 0.360. The molecular formula is C25H27FN4O6. The summed E-state index contributed by atoms with van der Waals surface area (Å²) >= 11 is 0. The second kappa shape index (κ2) is 10.2. The Hall–Kier alpha value is -4.15. The summed E-state index contributed by atoms with van der Waals surface area (Å²) in [6, 6.07) is 6.27. The van der Waals surface area contributed by atoms with Crippen LogP contribution in [0.2, 0.25) is 0 Å². The molecule has 2 aromatic rings. The van der Waals surface area contributed by atoms with Crippen molar-refractivity contribution in [3.8, 4) is 0 Å². The lowest BCUT2D eigenvalue weighted by Gasteiger charge is -2.30. The van der Waals surface area contributed by atoms with E-state index < -0.39 is 47.9 Å². The number of nitrogens with zero attached hydrogens (tertiary/aromatic N) is 1. The molecule has 0 aliphatic carbocycles. The molecule has 36 heavy (non-hydrogen) atoms. The lowest BCUT2D eigenvalue weighted by atomic mass is 9.84. The number of ether oxygens (including phenoxy) is 1. The fraction of sp³-hybridized carbons (Fsp3) is 0.360. The zero-order valence-electron chi connectivity index (χ0n) is 19.9. The first-order chi connectivity index (χ1) is 17.3. The number of esters is 1. The van der Waals surface area contributed by atoms with Gasteiger partial charge in [-0.1, -0.05) is 31.9 Å². The topological polar surface area (TPSA) is 130 Å². The largest absolute Gasteiger partial charge is 0.467 e. The van der Waals surface area contributed by atoms with Crippen LogP contribution in [0.1, 0.15) is 50.5 Å². The van der Waals surface area contributed by atoms with Crippen LogP contribution in [0.3, 0.4) is 0 Å². The van der Waals surface area contributed by atoms with Gasteiger partial charge in [0, 0.05) is 0 Å². The predicted octanol–water partition coefficient (Wildman–Crippen LogP) is 3.23. The van der Waals surface area contributed by atoms with Gasteiger partial charge in [-0.3, -0.25) is 9.69 Å². The summed E-state index contributed by atoms with van der Waals surface area (Å²) in [4.78, 5) is 53.2. The number of furan rings is 1. The lowest BCUT2D eigenvalue weighted by molar-refractivity contribution is -0.139. The molecule has 2 aliphatic heterocycles. The van der Waals surface area contributed by atoms with Gasteiger partial charge in [0.05, 0.1) is 30.7 Å². The second-order valence-corrected chi connectivity index (χ2v) is 8.50.